The predicted molar refractivity (Wildman–Crippen MR) is 104 cm³/mol. The number of hydrogen-bond donors (Lipinski definition) is 0. The van der Waals surface area contributed by atoms with Crippen molar-refractivity contribution in [3.05, 3.63) is 69.3 Å². The van der Waals surface area contributed by atoms with Crippen LogP contribution in [0.3, 0.4) is 0 Å². The van der Waals surface area contributed by atoms with Gasteiger partial charge in [0.15, 0.2) is 0 Å². The summed E-state index contributed by atoms with van der Waals surface area (Å²) in [5.74, 6) is -0.570. The lowest BCUT2D eigenvalue weighted by Gasteiger charge is -2.21. The average molecular weight is 379 g/mol. The van der Waals surface area contributed by atoms with E-state index in [1.807, 2.05) is 31.2 Å². The molecule has 4 rings (SSSR count). The van der Waals surface area contributed by atoms with Gasteiger partial charge in [0.2, 0.25) is 11.8 Å². The molecule has 1 atom stereocenters. The molecule has 2 aromatic carbocycles. The molecular formula is C21H21N3O4. The Kier molecular flexibility index (Phi) is 4.58. The van der Waals surface area contributed by atoms with Gasteiger partial charge in [-0.2, -0.15) is 0 Å². The Balaban J connectivity index is 1.48. The van der Waals surface area contributed by atoms with E-state index in [0.717, 1.165) is 16.7 Å². The zero-order chi connectivity index (χ0) is 19.8. The highest BCUT2D eigenvalue weighted by Gasteiger charge is 2.38. The second-order valence-electron chi connectivity index (χ2n) is 7.47. The zero-order valence-electron chi connectivity index (χ0n) is 15.6. The summed E-state index contributed by atoms with van der Waals surface area (Å²) in [6.45, 7) is 3.38. The Bertz CT molecular complexity index is 955. The zero-order valence-corrected chi connectivity index (χ0v) is 15.6. The van der Waals surface area contributed by atoms with Crippen LogP contribution in [0.2, 0.25) is 0 Å². The van der Waals surface area contributed by atoms with Crippen molar-refractivity contribution in [2.45, 2.75) is 26.3 Å². The van der Waals surface area contributed by atoms with Crippen LogP contribution in [0.4, 0.5) is 11.4 Å². The summed E-state index contributed by atoms with van der Waals surface area (Å²) in [6.07, 6.45) is 0.859. The van der Waals surface area contributed by atoms with Crippen molar-refractivity contribution in [2.24, 2.45) is 5.92 Å². The first-order valence-electron chi connectivity index (χ1n) is 9.34. The fourth-order valence-corrected chi connectivity index (χ4v) is 3.93. The number of rotatable bonds is 4. The first-order valence-corrected chi connectivity index (χ1v) is 9.34. The molecule has 1 fully saturated rings. The summed E-state index contributed by atoms with van der Waals surface area (Å²) in [6, 6.07) is 12.6. The quantitative estimate of drug-likeness (QED) is 0.604. The normalized spacial score (nSPS) is 18.5. The topological polar surface area (TPSA) is 83.8 Å². The Morgan fingerprint density at radius 2 is 1.96 bits per heavy atom. The van der Waals surface area contributed by atoms with Crippen molar-refractivity contribution >= 4 is 23.2 Å². The number of nitrogens with zero attached hydrogens (tertiary/aromatic N) is 3. The third-order valence-corrected chi connectivity index (χ3v) is 5.50. The maximum Gasteiger partial charge on any atom is 0.271 e. The molecule has 28 heavy (non-hydrogen) atoms. The van der Waals surface area contributed by atoms with Crippen LogP contribution in [0, 0.1) is 23.0 Å². The molecule has 144 valence electrons. The highest BCUT2D eigenvalue weighted by Crippen LogP contribution is 2.34. The minimum atomic E-state index is -0.455. The van der Waals surface area contributed by atoms with E-state index in [-0.39, 0.29) is 23.9 Å². The number of benzene rings is 2. The van der Waals surface area contributed by atoms with Crippen LogP contribution in [0.25, 0.3) is 0 Å². The molecule has 7 nitrogen and oxygen atoms in total. The molecule has 2 aliphatic heterocycles. The monoisotopic (exact) mass is 379 g/mol. The maximum atomic E-state index is 13.1. The summed E-state index contributed by atoms with van der Waals surface area (Å²) < 4.78 is 0. The van der Waals surface area contributed by atoms with E-state index in [2.05, 4.69) is 0 Å². The first kappa shape index (κ1) is 18.2. The largest absolute Gasteiger partial charge is 0.338 e. The number of hydrogen-bond acceptors (Lipinski definition) is 4. The highest BCUT2D eigenvalue weighted by atomic mass is 16.6. The lowest BCUT2D eigenvalue weighted by molar-refractivity contribution is -0.384. The van der Waals surface area contributed by atoms with Gasteiger partial charge in [0, 0.05) is 38.2 Å². The van der Waals surface area contributed by atoms with Crippen LogP contribution in [0.15, 0.2) is 42.5 Å². The number of nitro groups is 1. The first-order chi connectivity index (χ1) is 13.4. The van der Waals surface area contributed by atoms with Gasteiger partial charge in [-0.05, 0) is 24.5 Å². The molecule has 0 saturated carbocycles. The van der Waals surface area contributed by atoms with Gasteiger partial charge in [-0.1, -0.05) is 35.9 Å². The number of nitro benzene ring substituents is 1. The average Bonchev–Trinajstić information content (AvgIpc) is 3.26. The molecule has 2 heterocycles. The molecule has 0 N–H and O–H groups in total. The minimum absolute atomic E-state index is 0.0260. The van der Waals surface area contributed by atoms with Crippen molar-refractivity contribution in [1.82, 2.24) is 4.90 Å². The van der Waals surface area contributed by atoms with Crippen molar-refractivity contribution in [3.8, 4) is 0 Å². The molecule has 1 saturated heterocycles. The summed E-state index contributed by atoms with van der Waals surface area (Å²) in [5, 5.41) is 11.1. The van der Waals surface area contributed by atoms with E-state index in [4.69, 9.17) is 0 Å². The maximum absolute atomic E-state index is 13.1. The van der Waals surface area contributed by atoms with E-state index in [0.29, 0.717) is 31.7 Å². The van der Waals surface area contributed by atoms with E-state index in [9.17, 15) is 19.7 Å². The number of non-ortho nitro benzene ring substituents is 1. The van der Waals surface area contributed by atoms with E-state index in [1.165, 1.54) is 12.1 Å². The highest BCUT2D eigenvalue weighted by molar-refractivity contribution is 6.00. The van der Waals surface area contributed by atoms with Gasteiger partial charge in [0.1, 0.15) is 0 Å². The molecule has 0 aromatic heterocycles. The van der Waals surface area contributed by atoms with E-state index in [1.54, 1.807) is 15.9 Å². The molecular weight excluding hydrogens is 358 g/mol. The molecule has 1 unspecified atom stereocenters. The van der Waals surface area contributed by atoms with Crippen LogP contribution in [-0.4, -0.2) is 34.7 Å². The van der Waals surface area contributed by atoms with Crippen LogP contribution in [0.5, 0.6) is 0 Å². The lowest BCUT2D eigenvalue weighted by Crippen LogP contribution is -2.36. The second-order valence-corrected chi connectivity index (χ2v) is 7.47. The number of fused-ring (bicyclic) bond motifs is 1. The Labute approximate surface area is 162 Å². The van der Waals surface area contributed by atoms with E-state index >= 15 is 0 Å². The van der Waals surface area contributed by atoms with Crippen LogP contribution in [-0.2, 0) is 22.6 Å². The molecule has 7 heteroatoms. The minimum Gasteiger partial charge on any atom is -0.338 e. The second kappa shape index (κ2) is 7.07. The summed E-state index contributed by atoms with van der Waals surface area (Å²) in [4.78, 5) is 39.4. The third-order valence-electron chi connectivity index (χ3n) is 5.50. The van der Waals surface area contributed by atoms with Gasteiger partial charge in [0.05, 0.1) is 16.5 Å². The van der Waals surface area contributed by atoms with Crippen molar-refractivity contribution in [2.75, 3.05) is 18.0 Å². The van der Waals surface area contributed by atoms with Gasteiger partial charge < -0.3 is 9.80 Å². The van der Waals surface area contributed by atoms with Gasteiger partial charge in [-0.3, -0.25) is 19.7 Å². The third kappa shape index (κ3) is 3.35. The van der Waals surface area contributed by atoms with Gasteiger partial charge >= 0.3 is 0 Å². The fraction of sp³-hybridized carbons (Fsp3) is 0.333. The number of amides is 2. The standard InChI is InChI=1S/C21H21N3O4/c1-14-2-4-15(5-3-14)12-22-13-17(10-20(22)25)21(26)23-9-8-16-6-7-18(24(27)28)11-19(16)23/h2-7,11,17H,8-10,12-13H2,1H3. The Morgan fingerprint density at radius 3 is 2.68 bits per heavy atom. The number of aryl methyl sites for hydroxylation is 1. The van der Waals surface area contributed by atoms with Gasteiger partial charge in [-0.25, -0.2) is 0 Å². The van der Waals surface area contributed by atoms with Crippen molar-refractivity contribution in [3.63, 3.8) is 0 Å². The lowest BCUT2D eigenvalue weighted by atomic mass is 10.1. The Morgan fingerprint density at radius 1 is 1.21 bits per heavy atom. The summed E-state index contributed by atoms with van der Waals surface area (Å²) >= 11 is 0. The number of likely N-dealkylation sites (tertiary alicyclic amines) is 1. The number of carbonyl (C=O) groups excluding carboxylic acids is 2. The fourth-order valence-electron chi connectivity index (χ4n) is 3.93. The molecule has 2 aromatic rings. The van der Waals surface area contributed by atoms with Gasteiger partial charge in [-0.15, -0.1) is 0 Å². The SMILES string of the molecule is Cc1ccc(CN2CC(C(=O)N3CCc4ccc([N+](=O)[O-])cc43)CC2=O)cc1. The smallest absolute Gasteiger partial charge is 0.271 e. The van der Waals surface area contributed by atoms with Gasteiger partial charge in [0.25, 0.3) is 5.69 Å². The Hall–Kier alpha value is -3.22. The van der Waals surface area contributed by atoms with Crippen LogP contribution >= 0.6 is 0 Å². The number of anilines is 1. The summed E-state index contributed by atoms with van der Waals surface area (Å²) in [7, 11) is 0. The van der Waals surface area contributed by atoms with Crippen molar-refractivity contribution in [1.29, 1.82) is 0 Å². The van der Waals surface area contributed by atoms with Crippen LogP contribution < -0.4 is 4.90 Å². The molecule has 0 spiro atoms. The predicted octanol–water partition coefficient (Wildman–Crippen LogP) is 2.84. The van der Waals surface area contributed by atoms with Crippen molar-refractivity contribution < 1.29 is 14.5 Å². The molecule has 0 bridgehead atoms. The summed E-state index contributed by atoms with van der Waals surface area (Å²) in [5.41, 5.74) is 3.70. The molecule has 0 radical (unpaired) electrons. The number of carbonyl (C=O) groups is 2. The van der Waals surface area contributed by atoms with E-state index < -0.39 is 10.8 Å². The molecule has 2 aliphatic rings. The molecule has 0 aliphatic carbocycles. The molecule has 2 amide bonds. The van der Waals surface area contributed by atoms with Crippen LogP contribution in [0.1, 0.15) is 23.1 Å².